The van der Waals surface area contributed by atoms with Crippen LogP contribution in [0.5, 0.6) is 0 Å². The summed E-state index contributed by atoms with van der Waals surface area (Å²) < 4.78 is 5.37. The number of hydrogen-bond donors (Lipinski definition) is 3. The van der Waals surface area contributed by atoms with Gasteiger partial charge in [0.25, 0.3) is 0 Å². The molecule has 1 fully saturated rings. The molecular formula is C20H42IN5O2. The summed E-state index contributed by atoms with van der Waals surface area (Å²) in [6.07, 6.45) is 1.85. The molecule has 8 heteroatoms. The second-order valence-corrected chi connectivity index (χ2v) is 9.00. The minimum atomic E-state index is -0.499. The van der Waals surface area contributed by atoms with Crippen molar-refractivity contribution in [2.24, 2.45) is 10.9 Å². The van der Waals surface area contributed by atoms with Crippen molar-refractivity contribution < 1.29 is 9.53 Å². The van der Waals surface area contributed by atoms with E-state index in [9.17, 15) is 4.79 Å². The molecular weight excluding hydrogens is 469 g/mol. The summed E-state index contributed by atoms with van der Waals surface area (Å²) >= 11 is 0. The van der Waals surface area contributed by atoms with Crippen LogP contribution in [-0.2, 0) is 4.74 Å². The van der Waals surface area contributed by atoms with Crippen molar-refractivity contribution >= 4 is 36.0 Å². The molecule has 28 heavy (non-hydrogen) atoms. The Kier molecular flexibility index (Phi) is 12.4. The monoisotopic (exact) mass is 511 g/mol. The van der Waals surface area contributed by atoms with Gasteiger partial charge in [-0.05, 0) is 53.4 Å². The lowest BCUT2D eigenvalue weighted by molar-refractivity contribution is 0.0491. The fourth-order valence-electron chi connectivity index (χ4n) is 3.07. The van der Waals surface area contributed by atoms with Crippen molar-refractivity contribution in [2.75, 3.05) is 26.7 Å². The lowest BCUT2D eigenvalue weighted by atomic mass is 10.0. The Hall–Kier alpha value is -0.770. The number of aliphatic imine (C=N–C) groups is 1. The van der Waals surface area contributed by atoms with Crippen LogP contribution >= 0.6 is 24.0 Å². The van der Waals surface area contributed by atoms with Crippen molar-refractivity contribution in [1.29, 1.82) is 0 Å². The number of amides is 1. The maximum absolute atomic E-state index is 12.1. The first-order valence-electron chi connectivity index (χ1n) is 10.2. The number of guanidine groups is 1. The zero-order valence-corrected chi connectivity index (χ0v) is 21.3. The third-order valence-corrected chi connectivity index (χ3v) is 4.82. The van der Waals surface area contributed by atoms with E-state index in [4.69, 9.17) is 4.74 Å². The van der Waals surface area contributed by atoms with Crippen molar-refractivity contribution in [3.05, 3.63) is 0 Å². The first-order valence-corrected chi connectivity index (χ1v) is 10.2. The van der Waals surface area contributed by atoms with Gasteiger partial charge in [0.1, 0.15) is 5.60 Å². The van der Waals surface area contributed by atoms with Crippen molar-refractivity contribution in [2.45, 2.75) is 85.0 Å². The molecule has 1 aliphatic rings. The molecule has 0 radical (unpaired) electrons. The second kappa shape index (κ2) is 12.7. The maximum atomic E-state index is 12.1. The molecule has 7 nitrogen and oxygen atoms in total. The van der Waals surface area contributed by atoms with Gasteiger partial charge in [0.2, 0.25) is 0 Å². The lowest BCUT2D eigenvalue weighted by Gasteiger charge is -2.35. The molecule has 1 rings (SSSR count). The van der Waals surface area contributed by atoms with Crippen LogP contribution in [0.15, 0.2) is 4.99 Å². The summed E-state index contributed by atoms with van der Waals surface area (Å²) in [5.41, 5.74) is -0.499. The number of nitrogens with zero attached hydrogens (tertiary/aromatic N) is 2. The van der Waals surface area contributed by atoms with E-state index in [-0.39, 0.29) is 42.0 Å². The van der Waals surface area contributed by atoms with E-state index in [2.05, 4.69) is 53.5 Å². The van der Waals surface area contributed by atoms with E-state index in [1.54, 1.807) is 7.05 Å². The van der Waals surface area contributed by atoms with Gasteiger partial charge in [-0.2, -0.15) is 0 Å². The third kappa shape index (κ3) is 10.7. The second-order valence-electron chi connectivity index (χ2n) is 9.00. The molecule has 166 valence electrons. The lowest BCUT2D eigenvalue weighted by Crippen LogP contribution is -2.53. The molecule has 1 heterocycles. The zero-order valence-electron chi connectivity index (χ0n) is 19.0. The number of rotatable bonds is 6. The molecule has 0 aromatic heterocycles. The van der Waals surface area contributed by atoms with Gasteiger partial charge < -0.3 is 25.6 Å². The Balaban J connectivity index is 0.00000729. The molecule has 1 atom stereocenters. The number of alkyl carbamates (subject to hydrolysis) is 1. The average molecular weight is 511 g/mol. The number of hydrogen-bond acceptors (Lipinski definition) is 4. The molecule has 0 aromatic rings. The Morgan fingerprint density at radius 3 is 2.18 bits per heavy atom. The number of nitrogens with one attached hydrogen (secondary N) is 3. The molecule has 0 bridgehead atoms. The number of ether oxygens (including phenoxy) is 1. The Bertz CT molecular complexity index is 483. The molecule has 0 aromatic carbocycles. The summed E-state index contributed by atoms with van der Waals surface area (Å²) in [6, 6.07) is 0.998. The van der Waals surface area contributed by atoms with Gasteiger partial charge in [-0.25, -0.2) is 4.79 Å². The predicted octanol–water partition coefficient (Wildman–Crippen LogP) is 3.19. The largest absolute Gasteiger partial charge is 0.444 e. The van der Waals surface area contributed by atoms with Gasteiger partial charge in [0.15, 0.2) is 5.96 Å². The maximum Gasteiger partial charge on any atom is 0.407 e. The normalized spacial score (nSPS) is 17.9. The molecule has 1 saturated heterocycles. The first kappa shape index (κ1) is 27.2. The van der Waals surface area contributed by atoms with Crippen LogP contribution in [-0.4, -0.2) is 67.4 Å². The van der Waals surface area contributed by atoms with Gasteiger partial charge in [-0.3, -0.25) is 4.99 Å². The highest BCUT2D eigenvalue weighted by atomic mass is 127. The SMILES string of the molecule is CN=C(NCC(NC(=O)OC(C)(C)C)C(C)C)NC1CCN(C(C)C)CC1.I. The van der Waals surface area contributed by atoms with Gasteiger partial charge in [0.05, 0.1) is 6.04 Å². The third-order valence-electron chi connectivity index (χ3n) is 4.82. The van der Waals surface area contributed by atoms with Crippen LogP contribution < -0.4 is 16.0 Å². The van der Waals surface area contributed by atoms with Crippen molar-refractivity contribution in [1.82, 2.24) is 20.9 Å². The quantitative estimate of drug-likeness (QED) is 0.290. The van der Waals surface area contributed by atoms with E-state index >= 15 is 0 Å². The Labute approximate surface area is 188 Å². The van der Waals surface area contributed by atoms with Gasteiger partial charge in [-0.1, -0.05) is 13.8 Å². The summed E-state index contributed by atoms with van der Waals surface area (Å²) in [7, 11) is 1.78. The highest BCUT2D eigenvalue weighted by Gasteiger charge is 2.23. The molecule has 1 amide bonds. The molecule has 0 saturated carbocycles. The predicted molar refractivity (Wildman–Crippen MR) is 128 cm³/mol. The van der Waals surface area contributed by atoms with Gasteiger partial charge >= 0.3 is 6.09 Å². The van der Waals surface area contributed by atoms with E-state index < -0.39 is 5.60 Å². The number of carbonyl (C=O) groups is 1. The number of carbonyl (C=O) groups excluding carboxylic acids is 1. The van der Waals surface area contributed by atoms with Crippen LogP contribution in [0.1, 0.15) is 61.3 Å². The summed E-state index contributed by atoms with van der Waals surface area (Å²) in [5.74, 6) is 1.06. The van der Waals surface area contributed by atoms with Gasteiger partial charge in [0, 0.05) is 38.8 Å². The molecule has 3 N–H and O–H groups in total. The van der Waals surface area contributed by atoms with Crippen LogP contribution in [0.25, 0.3) is 0 Å². The fourth-order valence-corrected chi connectivity index (χ4v) is 3.07. The van der Waals surface area contributed by atoms with Gasteiger partial charge in [-0.15, -0.1) is 24.0 Å². The number of halogens is 1. The summed E-state index contributed by atoms with van der Waals surface area (Å²) in [5, 5.41) is 9.84. The summed E-state index contributed by atoms with van der Waals surface area (Å²) in [4.78, 5) is 18.9. The van der Waals surface area contributed by atoms with E-state index in [0.717, 1.165) is 31.9 Å². The smallest absolute Gasteiger partial charge is 0.407 e. The van der Waals surface area contributed by atoms with Crippen LogP contribution in [0.2, 0.25) is 0 Å². The van der Waals surface area contributed by atoms with Crippen LogP contribution in [0.3, 0.4) is 0 Å². The topological polar surface area (TPSA) is 78.0 Å². The number of likely N-dealkylation sites (tertiary alicyclic amines) is 1. The van der Waals surface area contributed by atoms with E-state index in [0.29, 0.717) is 18.6 Å². The minimum Gasteiger partial charge on any atom is -0.444 e. The van der Waals surface area contributed by atoms with Crippen molar-refractivity contribution in [3.63, 3.8) is 0 Å². The fraction of sp³-hybridized carbons (Fsp3) is 0.900. The molecule has 0 aliphatic carbocycles. The highest BCUT2D eigenvalue weighted by Crippen LogP contribution is 2.13. The summed E-state index contributed by atoms with van der Waals surface area (Å²) in [6.45, 7) is 17.1. The van der Waals surface area contributed by atoms with Crippen molar-refractivity contribution in [3.8, 4) is 0 Å². The van der Waals surface area contributed by atoms with E-state index in [1.807, 2.05) is 20.8 Å². The molecule has 0 spiro atoms. The highest BCUT2D eigenvalue weighted by molar-refractivity contribution is 14.0. The standard InChI is InChI=1S/C20H41N5O2.HI/c1-14(2)17(24-19(26)27-20(5,6)7)13-22-18(21-8)23-16-9-11-25(12-10-16)15(3)4;/h14-17H,9-13H2,1-8H3,(H,24,26)(H2,21,22,23);1H. The Morgan fingerprint density at radius 1 is 1.18 bits per heavy atom. The van der Waals surface area contributed by atoms with Crippen LogP contribution in [0, 0.1) is 5.92 Å². The minimum absolute atomic E-state index is 0. The van der Waals surface area contributed by atoms with Crippen LogP contribution in [0.4, 0.5) is 4.79 Å². The molecule has 1 aliphatic heterocycles. The Morgan fingerprint density at radius 2 is 1.75 bits per heavy atom. The number of piperidine rings is 1. The zero-order chi connectivity index (χ0) is 20.6. The van der Waals surface area contributed by atoms with E-state index in [1.165, 1.54) is 0 Å². The first-order chi connectivity index (χ1) is 12.5. The average Bonchev–Trinajstić information content (AvgIpc) is 2.55. The molecule has 1 unspecified atom stereocenters.